The number of hydrogen-bond acceptors (Lipinski definition) is 2. The summed E-state index contributed by atoms with van der Waals surface area (Å²) in [6, 6.07) is 6.48. The summed E-state index contributed by atoms with van der Waals surface area (Å²) in [4.78, 5) is 0. The van der Waals surface area contributed by atoms with Crippen molar-refractivity contribution in [2.45, 2.75) is 40.3 Å². The Balaban J connectivity index is 1.98. The van der Waals surface area contributed by atoms with Gasteiger partial charge in [0.1, 0.15) is 0 Å². The molecule has 0 amide bonds. The van der Waals surface area contributed by atoms with E-state index in [4.69, 9.17) is 0 Å². The van der Waals surface area contributed by atoms with Crippen LogP contribution in [0.5, 0.6) is 0 Å². The zero-order valence-corrected chi connectivity index (χ0v) is 12.3. The van der Waals surface area contributed by atoms with E-state index in [1.54, 1.807) is 0 Å². The summed E-state index contributed by atoms with van der Waals surface area (Å²) in [5, 5.41) is 7.98. The number of nitrogens with one attached hydrogen (secondary N) is 1. The van der Waals surface area contributed by atoms with Gasteiger partial charge in [-0.1, -0.05) is 25.1 Å². The second-order valence-corrected chi connectivity index (χ2v) is 5.09. The minimum absolute atomic E-state index is 0.879. The average molecular weight is 257 g/mol. The summed E-state index contributed by atoms with van der Waals surface area (Å²) >= 11 is 0. The zero-order valence-electron chi connectivity index (χ0n) is 12.3. The molecule has 0 fully saturated rings. The first kappa shape index (κ1) is 13.8. The molecule has 2 rings (SSSR count). The lowest BCUT2D eigenvalue weighted by molar-refractivity contribution is 0.685. The summed E-state index contributed by atoms with van der Waals surface area (Å²) in [6.07, 6.45) is 3.09. The molecule has 0 bridgehead atoms. The van der Waals surface area contributed by atoms with Crippen LogP contribution in [-0.2, 0) is 26.6 Å². The van der Waals surface area contributed by atoms with Crippen LogP contribution in [0, 0.1) is 13.8 Å². The highest BCUT2D eigenvalue weighted by Gasteiger charge is 2.06. The first-order chi connectivity index (χ1) is 9.11. The van der Waals surface area contributed by atoms with Crippen LogP contribution in [-0.4, -0.2) is 9.78 Å². The fourth-order valence-corrected chi connectivity index (χ4v) is 2.36. The third-order valence-electron chi connectivity index (χ3n) is 3.67. The Hall–Kier alpha value is -1.61. The SMILES string of the molecule is CCc1nn(C)cc1CNCc1cccc(C)c1C. The molecule has 0 atom stereocenters. The van der Waals surface area contributed by atoms with Crippen molar-refractivity contribution in [1.29, 1.82) is 0 Å². The van der Waals surface area contributed by atoms with Crippen molar-refractivity contribution >= 4 is 0 Å². The van der Waals surface area contributed by atoms with E-state index in [9.17, 15) is 0 Å². The highest BCUT2D eigenvalue weighted by Crippen LogP contribution is 2.13. The highest BCUT2D eigenvalue weighted by atomic mass is 15.3. The third kappa shape index (κ3) is 3.24. The Labute approximate surface area is 115 Å². The van der Waals surface area contributed by atoms with E-state index < -0.39 is 0 Å². The number of benzene rings is 1. The molecule has 3 nitrogen and oxygen atoms in total. The van der Waals surface area contributed by atoms with Crippen molar-refractivity contribution in [3.63, 3.8) is 0 Å². The molecule has 102 valence electrons. The lowest BCUT2D eigenvalue weighted by Gasteiger charge is -2.09. The molecular weight excluding hydrogens is 234 g/mol. The normalized spacial score (nSPS) is 10.9. The van der Waals surface area contributed by atoms with Crippen LogP contribution in [0.25, 0.3) is 0 Å². The zero-order chi connectivity index (χ0) is 13.8. The molecule has 19 heavy (non-hydrogen) atoms. The maximum absolute atomic E-state index is 4.46. The number of hydrogen-bond donors (Lipinski definition) is 1. The van der Waals surface area contributed by atoms with E-state index in [-0.39, 0.29) is 0 Å². The van der Waals surface area contributed by atoms with Gasteiger partial charge in [0.2, 0.25) is 0 Å². The van der Waals surface area contributed by atoms with Crippen molar-refractivity contribution in [3.8, 4) is 0 Å². The summed E-state index contributed by atoms with van der Waals surface area (Å²) in [7, 11) is 1.98. The molecule has 0 saturated carbocycles. The van der Waals surface area contributed by atoms with E-state index in [2.05, 4.69) is 55.6 Å². The molecule has 0 aliphatic rings. The van der Waals surface area contributed by atoms with Crippen LogP contribution in [0.3, 0.4) is 0 Å². The van der Waals surface area contributed by atoms with Crippen molar-refractivity contribution in [2.24, 2.45) is 7.05 Å². The van der Waals surface area contributed by atoms with Gasteiger partial charge in [0.25, 0.3) is 0 Å². The maximum atomic E-state index is 4.46. The Morgan fingerprint density at radius 1 is 1.16 bits per heavy atom. The third-order valence-corrected chi connectivity index (χ3v) is 3.67. The van der Waals surface area contributed by atoms with Gasteiger partial charge in [-0.3, -0.25) is 4.68 Å². The smallest absolute Gasteiger partial charge is 0.0666 e. The molecule has 0 radical (unpaired) electrons. The minimum atomic E-state index is 0.879. The van der Waals surface area contributed by atoms with Crippen LogP contribution in [0.4, 0.5) is 0 Å². The molecule has 0 unspecified atom stereocenters. The second-order valence-electron chi connectivity index (χ2n) is 5.09. The van der Waals surface area contributed by atoms with Gasteiger partial charge in [-0.05, 0) is 37.0 Å². The van der Waals surface area contributed by atoms with Crippen LogP contribution >= 0.6 is 0 Å². The Morgan fingerprint density at radius 2 is 1.89 bits per heavy atom. The van der Waals surface area contributed by atoms with Crippen LogP contribution in [0.1, 0.15) is 34.9 Å². The minimum Gasteiger partial charge on any atom is -0.308 e. The van der Waals surface area contributed by atoms with Crippen LogP contribution in [0.15, 0.2) is 24.4 Å². The monoisotopic (exact) mass is 257 g/mol. The molecule has 1 aromatic carbocycles. The number of rotatable bonds is 5. The van der Waals surface area contributed by atoms with Crippen LogP contribution in [0.2, 0.25) is 0 Å². The molecule has 1 N–H and O–H groups in total. The van der Waals surface area contributed by atoms with Gasteiger partial charge in [0, 0.05) is 31.9 Å². The Morgan fingerprint density at radius 3 is 2.63 bits per heavy atom. The van der Waals surface area contributed by atoms with E-state index >= 15 is 0 Å². The number of aryl methyl sites for hydroxylation is 3. The van der Waals surface area contributed by atoms with Crippen molar-refractivity contribution in [1.82, 2.24) is 15.1 Å². The van der Waals surface area contributed by atoms with E-state index in [1.165, 1.54) is 27.9 Å². The van der Waals surface area contributed by atoms with Crippen molar-refractivity contribution in [2.75, 3.05) is 0 Å². The standard InChI is InChI=1S/C16H23N3/c1-5-16-15(11-19(4)18-16)10-17-9-14-8-6-7-12(2)13(14)3/h6-8,11,17H,5,9-10H2,1-4H3. The molecule has 3 heteroatoms. The Bertz CT molecular complexity index is 555. The predicted octanol–water partition coefficient (Wildman–Crippen LogP) is 2.89. The molecular formula is C16H23N3. The largest absolute Gasteiger partial charge is 0.308 e. The molecule has 1 aromatic heterocycles. The second kappa shape index (κ2) is 6.02. The first-order valence-electron chi connectivity index (χ1n) is 6.89. The Kier molecular flexibility index (Phi) is 4.38. The van der Waals surface area contributed by atoms with Gasteiger partial charge >= 0.3 is 0 Å². The van der Waals surface area contributed by atoms with E-state index in [0.717, 1.165) is 19.5 Å². The summed E-state index contributed by atoms with van der Waals surface area (Å²) < 4.78 is 1.90. The maximum Gasteiger partial charge on any atom is 0.0666 e. The first-order valence-corrected chi connectivity index (χ1v) is 6.89. The quantitative estimate of drug-likeness (QED) is 0.892. The molecule has 0 spiro atoms. The molecule has 0 aliphatic heterocycles. The summed E-state index contributed by atoms with van der Waals surface area (Å²) in [6.45, 7) is 8.29. The topological polar surface area (TPSA) is 29.9 Å². The lowest BCUT2D eigenvalue weighted by Crippen LogP contribution is -2.14. The molecule has 0 aliphatic carbocycles. The average Bonchev–Trinajstić information content (AvgIpc) is 2.75. The molecule has 0 saturated heterocycles. The van der Waals surface area contributed by atoms with E-state index in [0.29, 0.717) is 0 Å². The van der Waals surface area contributed by atoms with Gasteiger partial charge in [0.15, 0.2) is 0 Å². The number of nitrogens with zero attached hydrogens (tertiary/aromatic N) is 2. The fraction of sp³-hybridized carbons (Fsp3) is 0.438. The van der Waals surface area contributed by atoms with Gasteiger partial charge in [-0.2, -0.15) is 5.10 Å². The van der Waals surface area contributed by atoms with Gasteiger partial charge < -0.3 is 5.32 Å². The molecule has 2 aromatic rings. The fourth-order valence-electron chi connectivity index (χ4n) is 2.36. The van der Waals surface area contributed by atoms with Crippen LogP contribution < -0.4 is 5.32 Å². The van der Waals surface area contributed by atoms with E-state index in [1.807, 2.05) is 11.7 Å². The molecule has 1 heterocycles. The summed E-state index contributed by atoms with van der Waals surface area (Å²) in [5.41, 5.74) is 6.61. The van der Waals surface area contributed by atoms with Gasteiger partial charge in [-0.25, -0.2) is 0 Å². The van der Waals surface area contributed by atoms with Crippen molar-refractivity contribution in [3.05, 3.63) is 52.3 Å². The van der Waals surface area contributed by atoms with Gasteiger partial charge in [0.05, 0.1) is 5.69 Å². The van der Waals surface area contributed by atoms with Gasteiger partial charge in [-0.15, -0.1) is 0 Å². The predicted molar refractivity (Wildman–Crippen MR) is 79.0 cm³/mol. The number of aromatic nitrogens is 2. The van der Waals surface area contributed by atoms with Crippen molar-refractivity contribution < 1.29 is 0 Å². The summed E-state index contributed by atoms with van der Waals surface area (Å²) in [5.74, 6) is 0. The highest BCUT2D eigenvalue weighted by molar-refractivity contribution is 5.33. The lowest BCUT2D eigenvalue weighted by atomic mass is 10.0.